The minimum atomic E-state index is -0.781. The normalized spacial score (nSPS) is 9.91. The number of aryl methyl sites for hydroxylation is 1. The van der Waals surface area contributed by atoms with E-state index in [0.717, 1.165) is 11.1 Å². The number of hydrogen-bond acceptors (Lipinski definition) is 2. The molecule has 0 saturated heterocycles. The van der Waals surface area contributed by atoms with Crippen LogP contribution in [-0.2, 0) is 11.2 Å². The zero-order valence-corrected chi connectivity index (χ0v) is 13.0. The minimum absolute atomic E-state index is 0. The number of ether oxygens (including phenoxy) is 1. The molecule has 0 spiro atoms. The highest BCUT2D eigenvalue weighted by Crippen LogP contribution is 2.30. The van der Waals surface area contributed by atoms with Crippen LogP contribution in [0.2, 0.25) is 0 Å². The molecule has 2 aromatic rings. The van der Waals surface area contributed by atoms with Gasteiger partial charge in [-0.3, -0.25) is 4.79 Å². The van der Waals surface area contributed by atoms with Crippen LogP contribution in [0.3, 0.4) is 0 Å². The summed E-state index contributed by atoms with van der Waals surface area (Å²) in [4.78, 5) is 10.5. The van der Waals surface area contributed by atoms with Crippen molar-refractivity contribution in [3.63, 3.8) is 0 Å². The van der Waals surface area contributed by atoms with Crippen molar-refractivity contribution in [1.29, 1.82) is 0 Å². The molecule has 0 aliphatic heterocycles. The summed E-state index contributed by atoms with van der Waals surface area (Å²) >= 11 is 0. The largest absolute Gasteiger partial charge is 0.496 e. The van der Waals surface area contributed by atoms with Gasteiger partial charge in [0.15, 0.2) is 0 Å². The summed E-state index contributed by atoms with van der Waals surface area (Å²) in [5.41, 5.74) is 2.64. The molecular weight excluding hydrogens is 307 g/mol. The fraction of sp³-hybridized carbons (Fsp3) is 0.235. The lowest BCUT2D eigenvalue weighted by Crippen LogP contribution is -1.96. The summed E-state index contributed by atoms with van der Waals surface area (Å²) < 4.78 is 18.6. The number of carboxylic acids is 1. The molecule has 0 amide bonds. The average molecular weight is 325 g/mol. The molecule has 0 aliphatic carbocycles. The maximum atomic E-state index is 13.4. The highest BCUT2D eigenvalue weighted by Gasteiger charge is 2.07. The second kappa shape index (κ2) is 8.39. The number of rotatable bonds is 6. The van der Waals surface area contributed by atoms with Gasteiger partial charge in [-0.25, -0.2) is 4.39 Å². The first-order valence-electron chi connectivity index (χ1n) is 6.75. The third kappa shape index (κ3) is 4.74. The summed E-state index contributed by atoms with van der Waals surface area (Å²) in [6.45, 7) is 0. The second-order valence-corrected chi connectivity index (χ2v) is 4.79. The predicted octanol–water partition coefficient (Wildman–Crippen LogP) is 4.33. The molecule has 0 aromatic heterocycles. The Morgan fingerprint density at radius 2 is 1.86 bits per heavy atom. The second-order valence-electron chi connectivity index (χ2n) is 4.79. The lowest BCUT2D eigenvalue weighted by molar-refractivity contribution is -0.137. The van der Waals surface area contributed by atoms with Crippen molar-refractivity contribution in [3.8, 4) is 16.9 Å². The van der Waals surface area contributed by atoms with E-state index >= 15 is 0 Å². The summed E-state index contributed by atoms with van der Waals surface area (Å²) in [6, 6.07) is 12.1. The van der Waals surface area contributed by atoms with Crippen molar-refractivity contribution in [1.82, 2.24) is 0 Å². The maximum Gasteiger partial charge on any atom is 0.303 e. The summed E-state index contributed by atoms with van der Waals surface area (Å²) in [5, 5.41) is 8.62. The first-order valence-corrected chi connectivity index (χ1v) is 6.75. The number of hydrogen-bond donors (Lipinski definition) is 1. The number of carboxylic acid groups (broad SMARTS) is 1. The molecule has 0 atom stereocenters. The molecule has 22 heavy (non-hydrogen) atoms. The molecule has 118 valence electrons. The Hall–Kier alpha value is -2.07. The Bertz CT molecular complexity index is 626. The third-order valence-corrected chi connectivity index (χ3v) is 3.28. The van der Waals surface area contributed by atoms with E-state index in [4.69, 9.17) is 9.84 Å². The Balaban J connectivity index is 0.00000242. The Morgan fingerprint density at radius 1 is 1.18 bits per heavy atom. The van der Waals surface area contributed by atoms with Crippen molar-refractivity contribution in [3.05, 3.63) is 53.8 Å². The first kappa shape index (κ1) is 18.0. The number of methoxy groups -OCH3 is 1. The number of aliphatic carboxylic acids is 1. The zero-order valence-electron chi connectivity index (χ0n) is 12.2. The molecule has 0 bridgehead atoms. The Kier molecular flexibility index (Phi) is 6.86. The van der Waals surface area contributed by atoms with Crippen LogP contribution in [0.25, 0.3) is 11.1 Å². The average Bonchev–Trinajstić information content (AvgIpc) is 2.47. The van der Waals surface area contributed by atoms with Crippen molar-refractivity contribution >= 4 is 18.4 Å². The van der Waals surface area contributed by atoms with Crippen LogP contribution in [0.15, 0.2) is 42.5 Å². The lowest BCUT2D eigenvalue weighted by Gasteiger charge is -2.09. The Morgan fingerprint density at radius 3 is 2.45 bits per heavy atom. The first-order chi connectivity index (χ1) is 10.1. The van der Waals surface area contributed by atoms with Crippen molar-refractivity contribution in [2.75, 3.05) is 7.11 Å². The number of carbonyl (C=O) groups is 1. The molecule has 2 rings (SSSR count). The topological polar surface area (TPSA) is 46.5 Å². The van der Waals surface area contributed by atoms with Gasteiger partial charge in [0.2, 0.25) is 0 Å². The quantitative estimate of drug-likeness (QED) is 0.860. The van der Waals surface area contributed by atoms with E-state index < -0.39 is 5.97 Å². The van der Waals surface area contributed by atoms with E-state index in [0.29, 0.717) is 24.2 Å². The van der Waals surface area contributed by atoms with Gasteiger partial charge in [0.25, 0.3) is 0 Å². The summed E-state index contributed by atoms with van der Waals surface area (Å²) in [7, 11) is 1.55. The molecule has 1 N–H and O–H groups in total. The number of halogens is 2. The summed E-state index contributed by atoms with van der Waals surface area (Å²) in [6.07, 6.45) is 1.49. The molecule has 0 unspecified atom stereocenters. The maximum absolute atomic E-state index is 13.4. The van der Waals surface area contributed by atoms with Crippen molar-refractivity contribution in [2.24, 2.45) is 0 Å². The van der Waals surface area contributed by atoms with Gasteiger partial charge in [0.1, 0.15) is 11.6 Å². The standard InChI is InChI=1S/C17H17FO3.ClH/c1-21-16-10-9-14(18)11-15(16)13-7-5-12(6-8-13)3-2-4-17(19)20;/h5-11H,2-4H2,1H3,(H,19,20);1H. The van der Waals surface area contributed by atoms with Gasteiger partial charge < -0.3 is 9.84 Å². The smallest absolute Gasteiger partial charge is 0.303 e. The van der Waals surface area contributed by atoms with Crippen LogP contribution in [0.5, 0.6) is 5.75 Å². The van der Waals surface area contributed by atoms with E-state index in [-0.39, 0.29) is 24.6 Å². The van der Waals surface area contributed by atoms with Crippen LogP contribution in [-0.4, -0.2) is 18.2 Å². The monoisotopic (exact) mass is 324 g/mol. The fourth-order valence-electron chi connectivity index (χ4n) is 2.20. The van der Waals surface area contributed by atoms with Crippen LogP contribution in [0.1, 0.15) is 18.4 Å². The minimum Gasteiger partial charge on any atom is -0.496 e. The van der Waals surface area contributed by atoms with Gasteiger partial charge in [0.05, 0.1) is 7.11 Å². The van der Waals surface area contributed by atoms with Crippen molar-refractivity contribution in [2.45, 2.75) is 19.3 Å². The lowest BCUT2D eigenvalue weighted by atomic mass is 10.0. The molecule has 3 nitrogen and oxygen atoms in total. The van der Waals surface area contributed by atoms with Crippen LogP contribution in [0, 0.1) is 5.82 Å². The zero-order chi connectivity index (χ0) is 15.2. The molecule has 5 heteroatoms. The van der Waals surface area contributed by atoms with Gasteiger partial charge in [0, 0.05) is 12.0 Å². The molecule has 0 saturated carbocycles. The van der Waals surface area contributed by atoms with Crippen LogP contribution >= 0.6 is 12.4 Å². The molecule has 0 aliphatic rings. The van der Waals surface area contributed by atoms with Gasteiger partial charge in [-0.2, -0.15) is 0 Å². The van der Waals surface area contributed by atoms with Crippen molar-refractivity contribution < 1.29 is 19.0 Å². The SMILES string of the molecule is COc1ccc(F)cc1-c1ccc(CCCC(=O)O)cc1.Cl. The highest BCUT2D eigenvalue weighted by molar-refractivity contribution is 5.85. The molecule has 0 heterocycles. The van der Waals surface area contributed by atoms with Gasteiger partial charge in [-0.1, -0.05) is 24.3 Å². The molecule has 2 aromatic carbocycles. The summed E-state index contributed by atoms with van der Waals surface area (Å²) in [5.74, 6) is -0.470. The van der Waals surface area contributed by atoms with E-state index in [1.54, 1.807) is 13.2 Å². The third-order valence-electron chi connectivity index (χ3n) is 3.28. The van der Waals surface area contributed by atoms with Gasteiger partial charge in [-0.05, 0) is 42.2 Å². The Labute approximate surface area is 135 Å². The predicted molar refractivity (Wildman–Crippen MR) is 86.2 cm³/mol. The van der Waals surface area contributed by atoms with Crippen LogP contribution < -0.4 is 4.74 Å². The van der Waals surface area contributed by atoms with Gasteiger partial charge >= 0.3 is 5.97 Å². The fourth-order valence-corrected chi connectivity index (χ4v) is 2.20. The molecule has 0 fully saturated rings. The number of benzene rings is 2. The van der Waals surface area contributed by atoms with Crippen LogP contribution in [0.4, 0.5) is 4.39 Å². The van der Waals surface area contributed by atoms with E-state index in [2.05, 4.69) is 0 Å². The van der Waals surface area contributed by atoms with E-state index in [1.165, 1.54) is 12.1 Å². The highest BCUT2D eigenvalue weighted by atomic mass is 35.5. The van der Waals surface area contributed by atoms with Gasteiger partial charge in [-0.15, -0.1) is 12.4 Å². The van der Waals surface area contributed by atoms with E-state index in [1.807, 2.05) is 24.3 Å². The van der Waals surface area contributed by atoms with E-state index in [9.17, 15) is 9.18 Å². The molecular formula is C17H18ClFO3. The molecule has 0 radical (unpaired) electrons.